The predicted molar refractivity (Wildman–Crippen MR) is 67.9 cm³/mol. The van der Waals surface area contributed by atoms with Crippen LogP contribution in [0, 0.1) is 0 Å². The molecule has 6 nitrogen and oxygen atoms in total. The Labute approximate surface area is 105 Å². The van der Waals surface area contributed by atoms with Crippen LogP contribution < -0.4 is 16.6 Å². The third-order valence-corrected chi connectivity index (χ3v) is 2.36. The molecule has 0 spiro atoms. The van der Waals surface area contributed by atoms with Crippen molar-refractivity contribution in [2.45, 2.75) is 0 Å². The van der Waals surface area contributed by atoms with Crippen LogP contribution in [-0.4, -0.2) is 43.0 Å². The second-order valence-corrected chi connectivity index (χ2v) is 4.14. The summed E-state index contributed by atoms with van der Waals surface area (Å²) in [7, 11) is 3.85. The number of aromatic nitrogens is 1. The first-order valence-electron chi connectivity index (χ1n) is 5.10. The molecule has 0 unspecified atom stereocenters. The molecule has 0 aliphatic carbocycles. The highest BCUT2D eigenvalue weighted by atomic mass is 35.5. The van der Waals surface area contributed by atoms with Crippen molar-refractivity contribution in [3.05, 3.63) is 22.8 Å². The van der Waals surface area contributed by atoms with Crippen LogP contribution >= 0.6 is 11.6 Å². The van der Waals surface area contributed by atoms with Gasteiger partial charge in [-0.15, -0.1) is 0 Å². The van der Waals surface area contributed by atoms with Crippen molar-refractivity contribution in [3.63, 3.8) is 0 Å². The summed E-state index contributed by atoms with van der Waals surface area (Å²) in [5.74, 6) is 5.30. The van der Waals surface area contributed by atoms with Crippen molar-refractivity contribution in [1.29, 1.82) is 0 Å². The summed E-state index contributed by atoms with van der Waals surface area (Å²) in [5.41, 5.74) is 2.53. The van der Waals surface area contributed by atoms with E-state index in [1.165, 1.54) is 0 Å². The van der Waals surface area contributed by atoms with Gasteiger partial charge < -0.3 is 15.6 Å². The van der Waals surface area contributed by atoms with E-state index < -0.39 is 0 Å². The summed E-state index contributed by atoms with van der Waals surface area (Å²) in [5, 5.41) is 3.02. The fourth-order valence-corrected chi connectivity index (χ4v) is 1.35. The van der Waals surface area contributed by atoms with Crippen LogP contribution in [0.15, 0.2) is 12.1 Å². The minimum absolute atomic E-state index is 0.167. The molecule has 0 aliphatic rings. The highest BCUT2D eigenvalue weighted by molar-refractivity contribution is 6.33. The van der Waals surface area contributed by atoms with Crippen LogP contribution in [0.5, 0.6) is 0 Å². The number of amides is 1. The molecule has 0 atom stereocenters. The van der Waals surface area contributed by atoms with E-state index in [0.29, 0.717) is 17.4 Å². The molecule has 0 saturated carbocycles. The number of pyridine rings is 1. The molecule has 1 rings (SSSR count). The normalized spacial score (nSPS) is 10.4. The number of hydrogen-bond acceptors (Lipinski definition) is 5. The van der Waals surface area contributed by atoms with Crippen molar-refractivity contribution in [2.75, 3.05) is 32.6 Å². The molecule has 1 aromatic rings. The van der Waals surface area contributed by atoms with E-state index in [1.54, 1.807) is 12.1 Å². The van der Waals surface area contributed by atoms with E-state index in [0.717, 1.165) is 6.54 Å². The molecule has 17 heavy (non-hydrogen) atoms. The lowest BCUT2D eigenvalue weighted by atomic mass is 10.3. The van der Waals surface area contributed by atoms with Crippen LogP contribution in [0.25, 0.3) is 0 Å². The average molecular weight is 258 g/mol. The molecule has 1 aromatic heterocycles. The number of halogens is 1. The molecule has 0 bridgehead atoms. The number of rotatable bonds is 5. The lowest BCUT2D eigenvalue weighted by molar-refractivity contribution is 0.0946. The summed E-state index contributed by atoms with van der Waals surface area (Å²) in [4.78, 5) is 17.7. The Morgan fingerprint density at radius 3 is 2.82 bits per heavy atom. The Balaban J connectivity index is 2.67. The number of carbonyl (C=O) groups excluding carboxylic acids is 1. The summed E-state index contributed by atoms with van der Waals surface area (Å²) in [6, 6.07) is 3.17. The second-order valence-electron chi connectivity index (χ2n) is 3.73. The van der Waals surface area contributed by atoms with E-state index in [2.05, 4.69) is 15.7 Å². The van der Waals surface area contributed by atoms with Crippen molar-refractivity contribution < 1.29 is 4.79 Å². The second kappa shape index (κ2) is 6.39. The first kappa shape index (κ1) is 13.7. The molecule has 7 heteroatoms. The van der Waals surface area contributed by atoms with E-state index in [1.807, 2.05) is 19.0 Å². The van der Waals surface area contributed by atoms with Crippen LogP contribution in [0.3, 0.4) is 0 Å². The molecule has 1 heterocycles. The number of carbonyl (C=O) groups is 1. The Morgan fingerprint density at radius 1 is 1.53 bits per heavy atom. The molecule has 0 fully saturated rings. The fraction of sp³-hybridized carbons (Fsp3) is 0.400. The molecular formula is C10H16ClN5O. The number of nitrogens with two attached hydrogens (primary N) is 1. The molecule has 94 valence electrons. The summed E-state index contributed by atoms with van der Waals surface area (Å²) in [6.45, 7) is 1.28. The first-order chi connectivity index (χ1) is 8.04. The van der Waals surface area contributed by atoms with Crippen molar-refractivity contribution >= 4 is 23.3 Å². The SMILES string of the molecule is CN(C)CCNC(=O)c1nc(NN)ccc1Cl. The third-order valence-electron chi connectivity index (χ3n) is 2.05. The molecule has 0 saturated heterocycles. The number of hydrogen-bond donors (Lipinski definition) is 3. The van der Waals surface area contributed by atoms with Gasteiger partial charge in [0.1, 0.15) is 11.5 Å². The number of hydrazine groups is 1. The molecular weight excluding hydrogens is 242 g/mol. The van der Waals surface area contributed by atoms with Gasteiger partial charge in [0.2, 0.25) is 0 Å². The standard InChI is InChI=1S/C10H16ClN5O/c1-16(2)6-5-13-10(17)9-7(11)3-4-8(14-9)15-12/h3-4H,5-6,12H2,1-2H3,(H,13,17)(H,14,15). The Hall–Kier alpha value is -1.37. The maximum Gasteiger partial charge on any atom is 0.271 e. The zero-order valence-electron chi connectivity index (χ0n) is 9.83. The van der Waals surface area contributed by atoms with Gasteiger partial charge in [-0.2, -0.15) is 0 Å². The minimum atomic E-state index is -0.311. The number of nitrogens with one attached hydrogen (secondary N) is 2. The molecule has 0 aromatic carbocycles. The first-order valence-corrected chi connectivity index (χ1v) is 5.48. The smallest absolute Gasteiger partial charge is 0.271 e. The van der Waals surface area contributed by atoms with Gasteiger partial charge in [-0.25, -0.2) is 10.8 Å². The van der Waals surface area contributed by atoms with Gasteiger partial charge in [0.15, 0.2) is 0 Å². The lowest BCUT2D eigenvalue weighted by Crippen LogP contribution is -2.32. The average Bonchev–Trinajstić information content (AvgIpc) is 2.29. The van der Waals surface area contributed by atoms with Gasteiger partial charge in [0, 0.05) is 13.1 Å². The van der Waals surface area contributed by atoms with Crippen molar-refractivity contribution in [2.24, 2.45) is 5.84 Å². The fourth-order valence-electron chi connectivity index (χ4n) is 1.16. The van der Waals surface area contributed by atoms with Crippen LogP contribution in [0.1, 0.15) is 10.5 Å². The predicted octanol–water partition coefficient (Wildman–Crippen LogP) is 0.312. The van der Waals surface area contributed by atoms with Crippen LogP contribution in [0.2, 0.25) is 5.02 Å². The zero-order chi connectivity index (χ0) is 12.8. The summed E-state index contributed by atoms with van der Waals surface area (Å²) >= 11 is 5.89. The molecule has 0 radical (unpaired) electrons. The topological polar surface area (TPSA) is 83.3 Å². The minimum Gasteiger partial charge on any atom is -0.349 e. The Bertz CT molecular complexity index is 396. The Morgan fingerprint density at radius 2 is 2.24 bits per heavy atom. The van der Waals surface area contributed by atoms with E-state index in [4.69, 9.17) is 17.4 Å². The molecule has 4 N–H and O–H groups in total. The zero-order valence-corrected chi connectivity index (χ0v) is 10.6. The Kier molecular flexibility index (Phi) is 5.14. The quantitative estimate of drug-likeness (QED) is 0.522. The third kappa shape index (κ3) is 4.18. The number of anilines is 1. The van der Waals surface area contributed by atoms with Crippen molar-refractivity contribution in [1.82, 2.24) is 15.2 Å². The lowest BCUT2D eigenvalue weighted by Gasteiger charge is -2.11. The van der Waals surface area contributed by atoms with Gasteiger partial charge in [0.05, 0.1) is 5.02 Å². The highest BCUT2D eigenvalue weighted by Gasteiger charge is 2.12. The van der Waals surface area contributed by atoms with Gasteiger partial charge >= 0.3 is 0 Å². The van der Waals surface area contributed by atoms with E-state index >= 15 is 0 Å². The maximum absolute atomic E-state index is 11.8. The van der Waals surface area contributed by atoms with Gasteiger partial charge in [-0.05, 0) is 26.2 Å². The number of nitrogens with zero attached hydrogens (tertiary/aromatic N) is 2. The van der Waals surface area contributed by atoms with E-state index in [-0.39, 0.29) is 11.6 Å². The van der Waals surface area contributed by atoms with Gasteiger partial charge in [0.25, 0.3) is 5.91 Å². The number of likely N-dealkylation sites (N-methyl/N-ethyl adjacent to an activating group) is 1. The van der Waals surface area contributed by atoms with Gasteiger partial charge in [-0.3, -0.25) is 4.79 Å². The molecule has 1 amide bonds. The van der Waals surface area contributed by atoms with E-state index in [9.17, 15) is 4.79 Å². The van der Waals surface area contributed by atoms with Crippen LogP contribution in [0.4, 0.5) is 5.82 Å². The molecule has 0 aliphatic heterocycles. The van der Waals surface area contributed by atoms with Gasteiger partial charge in [-0.1, -0.05) is 11.6 Å². The monoisotopic (exact) mass is 257 g/mol. The highest BCUT2D eigenvalue weighted by Crippen LogP contribution is 2.15. The largest absolute Gasteiger partial charge is 0.349 e. The summed E-state index contributed by atoms with van der Waals surface area (Å²) in [6.07, 6.45) is 0. The maximum atomic E-state index is 11.8. The van der Waals surface area contributed by atoms with Crippen molar-refractivity contribution in [3.8, 4) is 0 Å². The number of nitrogen functional groups attached to an aromatic ring is 1. The summed E-state index contributed by atoms with van der Waals surface area (Å²) < 4.78 is 0. The van der Waals surface area contributed by atoms with Crippen LogP contribution in [-0.2, 0) is 0 Å².